The summed E-state index contributed by atoms with van der Waals surface area (Å²) in [5, 5.41) is 9.76. The molecule has 2 N–H and O–H groups in total. The quantitative estimate of drug-likeness (QED) is 0.765. The molecule has 0 amide bonds. The number of fused-ring (bicyclic) bond motifs is 2. The van der Waals surface area contributed by atoms with Gasteiger partial charge in [0, 0.05) is 11.6 Å². The van der Waals surface area contributed by atoms with Crippen molar-refractivity contribution in [2.24, 2.45) is 5.73 Å². The molecule has 0 saturated heterocycles. The Kier molecular flexibility index (Phi) is 4.69. The summed E-state index contributed by atoms with van der Waals surface area (Å²) in [4.78, 5) is 0. The van der Waals surface area contributed by atoms with Gasteiger partial charge in [0.25, 0.3) is 0 Å². The predicted molar refractivity (Wildman–Crippen MR) is 104 cm³/mol. The van der Waals surface area contributed by atoms with Gasteiger partial charge in [-0.05, 0) is 46.6 Å². The van der Waals surface area contributed by atoms with Crippen molar-refractivity contribution in [1.29, 1.82) is 5.26 Å². The molecule has 2 aliphatic heterocycles. The highest BCUT2D eigenvalue weighted by Gasteiger charge is 2.34. The third-order valence-electron chi connectivity index (χ3n) is 4.58. The van der Waals surface area contributed by atoms with Crippen molar-refractivity contribution in [3.63, 3.8) is 0 Å². The van der Waals surface area contributed by atoms with Crippen molar-refractivity contribution >= 4 is 15.9 Å². The van der Waals surface area contributed by atoms with Gasteiger partial charge in [-0.2, -0.15) is 5.26 Å². The zero-order valence-corrected chi connectivity index (χ0v) is 16.8. The SMILES string of the molecule is CCOc1c(Br)cc(C2C(C#N)=C(N)Oc3cc4c(cc32)OCO4)cc1OC. The Balaban J connectivity index is 1.91. The van der Waals surface area contributed by atoms with Gasteiger partial charge in [-0.15, -0.1) is 0 Å². The van der Waals surface area contributed by atoms with Crippen LogP contribution < -0.4 is 29.4 Å². The second-order valence-electron chi connectivity index (χ2n) is 6.14. The first-order valence-corrected chi connectivity index (χ1v) is 9.38. The first kappa shape index (κ1) is 18.3. The van der Waals surface area contributed by atoms with Crippen LogP contribution in [0.25, 0.3) is 0 Å². The number of halogens is 1. The Bertz CT molecular complexity index is 1030. The fourth-order valence-corrected chi connectivity index (χ4v) is 3.96. The molecule has 0 aliphatic carbocycles. The number of nitrogens with zero attached hydrogens (tertiary/aromatic N) is 1. The second-order valence-corrected chi connectivity index (χ2v) is 6.99. The van der Waals surface area contributed by atoms with E-state index in [9.17, 15) is 5.26 Å². The number of benzene rings is 2. The van der Waals surface area contributed by atoms with Crippen LogP contribution in [0.4, 0.5) is 0 Å². The van der Waals surface area contributed by atoms with Crippen LogP contribution in [0.15, 0.2) is 40.2 Å². The lowest BCUT2D eigenvalue weighted by Crippen LogP contribution is -2.21. The molecule has 1 atom stereocenters. The third-order valence-corrected chi connectivity index (χ3v) is 5.17. The van der Waals surface area contributed by atoms with E-state index in [1.54, 1.807) is 13.2 Å². The molecular weight excluding hydrogens is 428 g/mol. The smallest absolute Gasteiger partial charge is 0.231 e. The number of hydrogen-bond donors (Lipinski definition) is 1. The largest absolute Gasteiger partial charge is 0.493 e. The summed E-state index contributed by atoms with van der Waals surface area (Å²) < 4.78 is 28.5. The normalized spacial score (nSPS) is 16.9. The molecule has 4 rings (SSSR count). The van der Waals surface area contributed by atoms with Crippen LogP contribution in [0, 0.1) is 11.3 Å². The van der Waals surface area contributed by atoms with Gasteiger partial charge in [-0.25, -0.2) is 0 Å². The molecule has 144 valence electrons. The lowest BCUT2D eigenvalue weighted by molar-refractivity contribution is 0.174. The first-order chi connectivity index (χ1) is 13.6. The molecule has 0 saturated carbocycles. The second kappa shape index (κ2) is 7.17. The highest BCUT2D eigenvalue weighted by atomic mass is 79.9. The summed E-state index contributed by atoms with van der Waals surface area (Å²) in [5.74, 6) is 2.46. The van der Waals surface area contributed by atoms with Crippen LogP contribution in [-0.2, 0) is 0 Å². The number of nitriles is 1. The number of hydrogen-bond acceptors (Lipinski definition) is 7. The molecule has 28 heavy (non-hydrogen) atoms. The van der Waals surface area contributed by atoms with Gasteiger partial charge >= 0.3 is 0 Å². The van der Waals surface area contributed by atoms with Gasteiger partial charge < -0.3 is 29.4 Å². The molecule has 0 bridgehead atoms. The van der Waals surface area contributed by atoms with Gasteiger partial charge in [0.1, 0.15) is 17.4 Å². The van der Waals surface area contributed by atoms with E-state index >= 15 is 0 Å². The highest BCUT2D eigenvalue weighted by Crippen LogP contribution is 2.49. The predicted octanol–water partition coefficient (Wildman–Crippen LogP) is 3.80. The molecule has 0 spiro atoms. The topological polar surface area (TPSA) is 96.0 Å². The van der Waals surface area contributed by atoms with Crippen molar-refractivity contribution in [3.8, 4) is 34.8 Å². The summed E-state index contributed by atoms with van der Waals surface area (Å²) in [6.45, 7) is 2.53. The van der Waals surface area contributed by atoms with E-state index in [4.69, 9.17) is 29.4 Å². The van der Waals surface area contributed by atoms with Gasteiger partial charge in [-0.3, -0.25) is 0 Å². The third kappa shape index (κ3) is 2.88. The van der Waals surface area contributed by atoms with Crippen LogP contribution in [0.5, 0.6) is 28.7 Å². The molecule has 2 heterocycles. The van der Waals surface area contributed by atoms with Crippen molar-refractivity contribution in [2.45, 2.75) is 12.8 Å². The lowest BCUT2D eigenvalue weighted by Gasteiger charge is -2.27. The Labute approximate surface area is 170 Å². The minimum atomic E-state index is -0.455. The molecule has 0 aromatic heterocycles. The molecule has 2 aromatic rings. The van der Waals surface area contributed by atoms with Crippen molar-refractivity contribution < 1.29 is 23.7 Å². The van der Waals surface area contributed by atoms with E-state index in [-0.39, 0.29) is 12.7 Å². The molecule has 7 nitrogen and oxygen atoms in total. The highest BCUT2D eigenvalue weighted by molar-refractivity contribution is 9.10. The summed E-state index contributed by atoms with van der Waals surface area (Å²) >= 11 is 3.54. The molecular formula is C20H17BrN2O5. The number of nitrogens with two attached hydrogens (primary N) is 1. The lowest BCUT2D eigenvalue weighted by atomic mass is 9.83. The van der Waals surface area contributed by atoms with Gasteiger partial charge in [0.05, 0.1) is 24.1 Å². The van der Waals surface area contributed by atoms with Crippen LogP contribution >= 0.6 is 15.9 Å². The Morgan fingerprint density at radius 3 is 2.64 bits per heavy atom. The van der Waals surface area contributed by atoms with Crippen molar-refractivity contribution in [3.05, 3.63) is 51.3 Å². The van der Waals surface area contributed by atoms with E-state index in [1.165, 1.54) is 0 Å². The Morgan fingerprint density at radius 2 is 1.96 bits per heavy atom. The molecule has 1 unspecified atom stereocenters. The summed E-state index contributed by atoms with van der Waals surface area (Å²) in [6, 6.07) is 9.46. The van der Waals surface area contributed by atoms with Crippen LogP contribution in [0.2, 0.25) is 0 Å². The fraction of sp³-hybridized carbons (Fsp3) is 0.250. The zero-order chi connectivity index (χ0) is 19.8. The van der Waals surface area contributed by atoms with E-state index in [0.717, 1.165) is 11.1 Å². The first-order valence-electron chi connectivity index (χ1n) is 8.58. The molecule has 2 aliphatic rings. The summed E-state index contributed by atoms with van der Waals surface area (Å²) in [5.41, 5.74) is 7.93. The number of ether oxygens (including phenoxy) is 5. The molecule has 0 fully saturated rings. The van der Waals surface area contributed by atoms with Gasteiger partial charge in [-0.1, -0.05) is 0 Å². The van der Waals surface area contributed by atoms with Crippen LogP contribution in [-0.4, -0.2) is 20.5 Å². The summed E-state index contributed by atoms with van der Waals surface area (Å²) in [6.07, 6.45) is 0. The van der Waals surface area contributed by atoms with E-state index in [0.29, 0.717) is 45.4 Å². The Morgan fingerprint density at radius 1 is 1.21 bits per heavy atom. The average Bonchev–Trinajstić information content (AvgIpc) is 3.14. The molecule has 8 heteroatoms. The maximum atomic E-state index is 9.76. The fourth-order valence-electron chi connectivity index (χ4n) is 3.38. The van der Waals surface area contributed by atoms with E-state index < -0.39 is 5.92 Å². The molecule has 2 aromatic carbocycles. The molecule has 0 radical (unpaired) electrons. The standard InChI is InChI=1S/C20H17BrN2O5/c1-3-25-19-13(21)4-10(5-17(19)24-2)18-11-6-15-16(27-9-26-15)7-14(11)28-20(23)12(18)8-22/h4-7,18H,3,9,23H2,1-2H3. The number of rotatable bonds is 4. The maximum Gasteiger partial charge on any atom is 0.231 e. The average molecular weight is 445 g/mol. The minimum absolute atomic E-state index is 0.0582. The monoisotopic (exact) mass is 444 g/mol. The van der Waals surface area contributed by atoms with Crippen molar-refractivity contribution in [2.75, 3.05) is 20.5 Å². The zero-order valence-electron chi connectivity index (χ0n) is 15.2. The van der Waals surface area contributed by atoms with Crippen LogP contribution in [0.3, 0.4) is 0 Å². The number of allylic oxidation sites excluding steroid dienone is 1. The summed E-state index contributed by atoms with van der Waals surface area (Å²) in [7, 11) is 1.57. The van der Waals surface area contributed by atoms with Crippen LogP contribution in [0.1, 0.15) is 24.0 Å². The van der Waals surface area contributed by atoms with E-state index in [1.807, 2.05) is 25.1 Å². The minimum Gasteiger partial charge on any atom is -0.493 e. The van der Waals surface area contributed by atoms with Gasteiger partial charge in [0.15, 0.2) is 23.0 Å². The van der Waals surface area contributed by atoms with Crippen molar-refractivity contribution in [1.82, 2.24) is 0 Å². The Hall–Kier alpha value is -3.05. The maximum absolute atomic E-state index is 9.76. The van der Waals surface area contributed by atoms with Gasteiger partial charge in [0.2, 0.25) is 12.7 Å². The number of methoxy groups -OCH3 is 1. The van der Waals surface area contributed by atoms with E-state index in [2.05, 4.69) is 22.0 Å².